The number of para-hydroxylation sites is 1. The summed E-state index contributed by atoms with van der Waals surface area (Å²) in [5.74, 6) is 1.68. The van der Waals surface area contributed by atoms with Gasteiger partial charge < -0.3 is 19.9 Å². The number of nitrogens with zero attached hydrogens (tertiary/aromatic N) is 3. The van der Waals surface area contributed by atoms with E-state index in [4.69, 9.17) is 4.74 Å². The fourth-order valence-corrected chi connectivity index (χ4v) is 5.51. The van der Waals surface area contributed by atoms with Crippen molar-refractivity contribution in [1.29, 1.82) is 0 Å². The van der Waals surface area contributed by atoms with Gasteiger partial charge in [-0.3, -0.25) is 4.79 Å². The molecule has 1 heterocycles. The van der Waals surface area contributed by atoms with E-state index in [9.17, 15) is 4.79 Å². The summed E-state index contributed by atoms with van der Waals surface area (Å²) >= 11 is 1.48. The molecule has 4 rings (SSSR count). The van der Waals surface area contributed by atoms with Crippen molar-refractivity contribution in [3.63, 3.8) is 0 Å². The van der Waals surface area contributed by atoms with Crippen molar-refractivity contribution < 1.29 is 9.53 Å². The van der Waals surface area contributed by atoms with Gasteiger partial charge in [-0.2, -0.15) is 0 Å². The van der Waals surface area contributed by atoms with Gasteiger partial charge in [-0.25, -0.2) is 0 Å². The highest BCUT2D eigenvalue weighted by Gasteiger charge is 2.26. The predicted octanol–water partition coefficient (Wildman–Crippen LogP) is 6.14. The number of rotatable bonds is 9. The lowest BCUT2D eigenvalue weighted by Crippen LogP contribution is -2.24. The van der Waals surface area contributed by atoms with E-state index >= 15 is 0 Å². The summed E-state index contributed by atoms with van der Waals surface area (Å²) in [7, 11) is 1.67. The van der Waals surface area contributed by atoms with Crippen molar-refractivity contribution in [1.82, 2.24) is 14.8 Å². The maximum atomic E-state index is 13.1. The topological polar surface area (TPSA) is 81.1 Å². The zero-order valence-corrected chi connectivity index (χ0v) is 21.8. The Labute approximate surface area is 212 Å². The zero-order chi connectivity index (χ0) is 24.8. The minimum Gasteiger partial charge on any atom is -0.497 e. The lowest BCUT2D eigenvalue weighted by molar-refractivity contribution is -0.115. The minimum absolute atomic E-state index is 0.0263. The minimum atomic E-state index is -0.306. The van der Waals surface area contributed by atoms with Gasteiger partial charge in [-0.1, -0.05) is 55.3 Å². The SMILES string of the molecule is COc1cccc(NCc2nnc(SC(C)C(=O)Nc3c(C)cccc3C)n2C2CCCCC2)c1. The van der Waals surface area contributed by atoms with E-state index < -0.39 is 0 Å². The summed E-state index contributed by atoms with van der Waals surface area (Å²) in [6.07, 6.45) is 5.91. The van der Waals surface area contributed by atoms with Crippen LogP contribution in [-0.4, -0.2) is 33.0 Å². The Morgan fingerprint density at radius 3 is 2.54 bits per heavy atom. The average Bonchev–Trinajstić information content (AvgIpc) is 3.27. The maximum Gasteiger partial charge on any atom is 0.237 e. The van der Waals surface area contributed by atoms with Crippen LogP contribution in [0.25, 0.3) is 0 Å². The summed E-state index contributed by atoms with van der Waals surface area (Å²) in [6, 6.07) is 14.3. The van der Waals surface area contributed by atoms with Crippen LogP contribution in [0.3, 0.4) is 0 Å². The molecule has 1 unspecified atom stereocenters. The summed E-state index contributed by atoms with van der Waals surface area (Å²) in [6.45, 7) is 6.52. The van der Waals surface area contributed by atoms with Crippen molar-refractivity contribution in [2.24, 2.45) is 0 Å². The number of methoxy groups -OCH3 is 1. The quantitative estimate of drug-likeness (QED) is 0.349. The third-order valence-electron chi connectivity index (χ3n) is 6.58. The summed E-state index contributed by atoms with van der Waals surface area (Å²) in [5.41, 5.74) is 3.98. The molecule has 1 atom stereocenters. The Morgan fingerprint density at radius 1 is 1.11 bits per heavy atom. The van der Waals surface area contributed by atoms with E-state index in [1.807, 2.05) is 63.2 Å². The molecule has 35 heavy (non-hydrogen) atoms. The van der Waals surface area contributed by atoms with Gasteiger partial charge in [-0.15, -0.1) is 10.2 Å². The second-order valence-corrected chi connectivity index (χ2v) is 10.5. The van der Waals surface area contributed by atoms with Crippen LogP contribution in [0.2, 0.25) is 0 Å². The van der Waals surface area contributed by atoms with E-state index in [2.05, 4.69) is 25.4 Å². The molecule has 186 valence electrons. The van der Waals surface area contributed by atoms with E-state index in [-0.39, 0.29) is 11.2 Å². The molecule has 8 heteroatoms. The molecule has 1 amide bonds. The van der Waals surface area contributed by atoms with Gasteiger partial charge >= 0.3 is 0 Å². The van der Waals surface area contributed by atoms with Gasteiger partial charge in [0.15, 0.2) is 11.0 Å². The number of aromatic nitrogens is 3. The van der Waals surface area contributed by atoms with E-state index in [0.29, 0.717) is 12.6 Å². The number of amides is 1. The largest absolute Gasteiger partial charge is 0.497 e. The molecule has 1 aliphatic carbocycles. The molecule has 0 radical (unpaired) electrons. The van der Waals surface area contributed by atoms with E-state index in [1.54, 1.807) is 7.11 Å². The number of hydrogen-bond donors (Lipinski definition) is 2. The first-order chi connectivity index (χ1) is 17.0. The summed E-state index contributed by atoms with van der Waals surface area (Å²) < 4.78 is 7.60. The summed E-state index contributed by atoms with van der Waals surface area (Å²) in [5, 5.41) is 16.2. The number of ether oxygens (including phenoxy) is 1. The fourth-order valence-electron chi connectivity index (χ4n) is 4.58. The van der Waals surface area contributed by atoms with Gasteiger partial charge in [0.25, 0.3) is 0 Å². The molecule has 0 aliphatic heterocycles. The first kappa shape index (κ1) is 25.1. The van der Waals surface area contributed by atoms with Gasteiger partial charge in [0.05, 0.1) is 18.9 Å². The van der Waals surface area contributed by atoms with Crippen molar-refractivity contribution in [3.05, 3.63) is 59.4 Å². The number of anilines is 2. The van der Waals surface area contributed by atoms with Crippen LogP contribution in [0.5, 0.6) is 5.75 Å². The third-order valence-corrected chi connectivity index (χ3v) is 7.63. The van der Waals surface area contributed by atoms with E-state index in [1.165, 1.54) is 31.0 Å². The monoisotopic (exact) mass is 493 g/mol. The second-order valence-electron chi connectivity index (χ2n) is 9.16. The lowest BCUT2D eigenvalue weighted by Gasteiger charge is -2.26. The third kappa shape index (κ3) is 6.17. The Hall–Kier alpha value is -3.00. The molecular weight excluding hydrogens is 458 g/mol. The number of carbonyl (C=O) groups excluding carboxylic acids is 1. The molecule has 2 aromatic carbocycles. The Kier molecular flexibility index (Phi) is 8.33. The second kappa shape index (κ2) is 11.6. The van der Waals surface area contributed by atoms with Crippen LogP contribution in [0, 0.1) is 13.8 Å². The molecule has 7 nitrogen and oxygen atoms in total. The van der Waals surface area contributed by atoms with E-state index in [0.717, 1.165) is 52.1 Å². The summed E-state index contributed by atoms with van der Waals surface area (Å²) in [4.78, 5) is 13.1. The fraction of sp³-hybridized carbons (Fsp3) is 0.444. The molecule has 1 saturated carbocycles. The van der Waals surface area contributed by atoms with Gasteiger partial charge in [0, 0.05) is 23.5 Å². The molecule has 1 fully saturated rings. The normalized spacial score (nSPS) is 15.0. The predicted molar refractivity (Wildman–Crippen MR) is 142 cm³/mol. The van der Waals surface area contributed by atoms with Gasteiger partial charge in [0.1, 0.15) is 5.75 Å². The van der Waals surface area contributed by atoms with Gasteiger partial charge in [-0.05, 0) is 56.9 Å². The highest BCUT2D eigenvalue weighted by atomic mass is 32.2. The first-order valence-electron chi connectivity index (χ1n) is 12.3. The van der Waals surface area contributed by atoms with Crippen molar-refractivity contribution in [2.75, 3.05) is 17.7 Å². The number of thioether (sulfide) groups is 1. The Morgan fingerprint density at radius 2 is 1.83 bits per heavy atom. The molecule has 1 aliphatic rings. The van der Waals surface area contributed by atoms with Gasteiger partial charge in [0.2, 0.25) is 5.91 Å². The van der Waals surface area contributed by atoms with Crippen LogP contribution in [-0.2, 0) is 11.3 Å². The van der Waals surface area contributed by atoms with Crippen LogP contribution in [0.4, 0.5) is 11.4 Å². The van der Waals surface area contributed by atoms with Crippen molar-refractivity contribution in [3.8, 4) is 5.75 Å². The first-order valence-corrected chi connectivity index (χ1v) is 13.2. The number of aryl methyl sites for hydroxylation is 2. The molecule has 2 N–H and O–H groups in total. The van der Waals surface area contributed by atoms with Crippen LogP contribution in [0.15, 0.2) is 47.6 Å². The molecule has 0 saturated heterocycles. The van der Waals surface area contributed by atoms with Crippen molar-refractivity contribution in [2.45, 2.75) is 75.9 Å². The number of nitrogens with one attached hydrogen (secondary N) is 2. The standard InChI is InChI=1S/C27H35N5O2S/c1-18-10-8-11-19(2)25(18)29-26(33)20(3)35-27-31-30-24(32(27)22-13-6-5-7-14-22)17-28-21-12-9-15-23(16-21)34-4/h8-12,15-16,20,22,28H,5-7,13-14,17H2,1-4H3,(H,29,33). The number of benzene rings is 2. The molecule has 1 aromatic heterocycles. The van der Waals surface area contributed by atoms with Crippen molar-refractivity contribution >= 4 is 29.0 Å². The molecule has 0 spiro atoms. The van der Waals surface area contributed by atoms with Crippen LogP contribution in [0.1, 0.15) is 62.0 Å². The van der Waals surface area contributed by atoms with Crippen LogP contribution < -0.4 is 15.4 Å². The Balaban J connectivity index is 1.51. The maximum absolute atomic E-state index is 13.1. The highest BCUT2D eigenvalue weighted by Crippen LogP contribution is 2.34. The number of carbonyl (C=O) groups is 1. The number of hydrogen-bond acceptors (Lipinski definition) is 6. The Bertz CT molecular complexity index is 1140. The molecule has 0 bridgehead atoms. The highest BCUT2D eigenvalue weighted by molar-refractivity contribution is 8.00. The molecular formula is C27H35N5O2S. The lowest BCUT2D eigenvalue weighted by atomic mass is 9.95. The average molecular weight is 494 g/mol. The molecule has 3 aromatic rings. The van der Waals surface area contributed by atoms with Crippen LogP contribution >= 0.6 is 11.8 Å². The smallest absolute Gasteiger partial charge is 0.237 e. The zero-order valence-electron chi connectivity index (χ0n) is 21.0.